The van der Waals surface area contributed by atoms with Gasteiger partial charge in [0.05, 0.1) is 11.5 Å². The lowest BCUT2D eigenvalue weighted by molar-refractivity contribution is 0.0532. The smallest absolute Gasteiger partial charge is 0.348 e. The standard InChI is InChI=1S/C11H14O3S/c1-3-5-8(12)9-6-7-10(15-9)11(13)14-4-2/h6-7H,3-5H2,1-2H3. The largest absolute Gasteiger partial charge is 0.462 e. The molecule has 0 saturated heterocycles. The van der Waals surface area contributed by atoms with Crippen LogP contribution in [0, 0.1) is 0 Å². The first-order valence-corrected chi connectivity index (χ1v) is 5.80. The summed E-state index contributed by atoms with van der Waals surface area (Å²) in [5, 5.41) is 0. The number of esters is 1. The van der Waals surface area contributed by atoms with E-state index in [1.165, 1.54) is 11.3 Å². The van der Waals surface area contributed by atoms with Crippen LogP contribution in [0.1, 0.15) is 46.0 Å². The third-order valence-electron chi connectivity index (χ3n) is 1.83. The number of carbonyl (C=O) groups is 2. The highest BCUT2D eigenvalue weighted by Gasteiger charge is 2.13. The minimum absolute atomic E-state index is 0.0954. The highest BCUT2D eigenvalue weighted by molar-refractivity contribution is 7.15. The van der Waals surface area contributed by atoms with Crippen molar-refractivity contribution in [3.05, 3.63) is 21.9 Å². The van der Waals surface area contributed by atoms with E-state index in [0.29, 0.717) is 22.8 Å². The lowest BCUT2D eigenvalue weighted by Gasteiger charge is -1.96. The average molecular weight is 226 g/mol. The Labute approximate surface area is 93.1 Å². The summed E-state index contributed by atoms with van der Waals surface area (Å²) in [6.07, 6.45) is 1.36. The molecule has 1 aromatic heterocycles. The van der Waals surface area contributed by atoms with Crippen molar-refractivity contribution < 1.29 is 14.3 Å². The Hall–Kier alpha value is -1.16. The van der Waals surface area contributed by atoms with Crippen LogP contribution in [0.25, 0.3) is 0 Å². The normalized spacial score (nSPS) is 10.0. The van der Waals surface area contributed by atoms with Gasteiger partial charge in [-0.2, -0.15) is 0 Å². The van der Waals surface area contributed by atoms with Crippen LogP contribution in [0.15, 0.2) is 12.1 Å². The lowest BCUT2D eigenvalue weighted by Crippen LogP contribution is -2.01. The summed E-state index contributed by atoms with van der Waals surface area (Å²) in [5.41, 5.74) is 0. The van der Waals surface area contributed by atoms with Crippen molar-refractivity contribution in [3.8, 4) is 0 Å². The molecule has 0 unspecified atom stereocenters. The van der Waals surface area contributed by atoms with Crippen LogP contribution in [0.2, 0.25) is 0 Å². The van der Waals surface area contributed by atoms with Gasteiger partial charge in [0, 0.05) is 6.42 Å². The first kappa shape index (κ1) is 11.9. The third kappa shape index (κ3) is 3.16. The van der Waals surface area contributed by atoms with E-state index in [1.807, 2.05) is 6.92 Å². The molecule has 0 aliphatic rings. The molecule has 1 rings (SSSR count). The van der Waals surface area contributed by atoms with Gasteiger partial charge >= 0.3 is 5.97 Å². The second kappa shape index (κ2) is 5.66. The molecule has 0 bridgehead atoms. The molecule has 0 radical (unpaired) electrons. The second-order valence-electron chi connectivity index (χ2n) is 3.06. The molecule has 82 valence electrons. The highest BCUT2D eigenvalue weighted by Crippen LogP contribution is 2.19. The van der Waals surface area contributed by atoms with Crippen LogP contribution in [-0.4, -0.2) is 18.4 Å². The van der Waals surface area contributed by atoms with Gasteiger partial charge in [-0.15, -0.1) is 11.3 Å². The Balaban J connectivity index is 2.71. The van der Waals surface area contributed by atoms with E-state index in [1.54, 1.807) is 19.1 Å². The molecular weight excluding hydrogens is 212 g/mol. The summed E-state index contributed by atoms with van der Waals surface area (Å²) >= 11 is 1.20. The van der Waals surface area contributed by atoms with Crippen molar-refractivity contribution in [2.24, 2.45) is 0 Å². The number of carbonyl (C=O) groups excluding carboxylic acids is 2. The topological polar surface area (TPSA) is 43.4 Å². The minimum atomic E-state index is -0.349. The molecule has 0 saturated carbocycles. The summed E-state index contributed by atoms with van der Waals surface area (Å²) in [5.74, 6) is -0.254. The first-order valence-electron chi connectivity index (χ1n) is 4.99. The molecule has 15 heavy (non-hydrogen) atoms. The Morgan fingerprint density at radius 1 is 1.27 bits per heavy atom. The fourth-order valence-electron chi connectivity index (χ4n) is 1.15. The van der Waals surface area contributed by atoms with Crippen LogP contribution in [0.4, 0.5) is 0 Å². The summed E-state index contributed by atoms with van der Waals surface area (Å²) in [6.45, 7) is 4.07. The Bertz CT molecular complexity index is 322. The Morgan fingerprint density at radius 2 is 1.93 bits per heavy atom. The predicted octanol–water partition coefficient (Wildman–Crippen LogP) is 2.91. The third-order valence-corrected chi connectivity index (χ3v) is 2.94. The van der Waals surface area contributed by atoms with Gasteiger partial charge in [0.25, 0.3) is 0 Å². The molecular formula is C11H14O3S. The van der Waals surface area contributed by atoms with Crippen LogP contribution in [0.3, 0.4) is 0 Å². The van der Waals surface area contributed by atoms with E-state index in [2.05, 4.69) is 0 Å². The second-order valence-corrected chi connectivity index (χ2v) is 4.14. The van der Waals surface area contributed by atoms with Gasteiger partial charge in [0.15, 0.2) is 5.78 Å². The number of ketones is 1. The van der Waals surface area contributed by atoms with Crippen LogP contribution >= 0.6 is 11.3 Å². The maximum atomic E-state index is 11.5. The summed E-state index contributed by atoms with van der Waals surface area (Å²) in [4.78, 5) is 23.9. The zero-order valence-corrected chi connectivity index (χ0v) is 9.73. The maximum absolute atomic E-state index is 11.5. The fourth-order valence-corrected chi connectivity index (χ4v) is 2.02. The Morgan fingerprint density at radius 3 is 2.53 bits per heavy atom. The zero-order chi connectivity index (χ0) is 11.3. The van der Waals surface area contributed by atoms with E-state index in [9.17, 15) is 9.59 Å². The maximum Gasteiger partial charge on any atom is 0.348 e. The van der Waals surface area contributed by atoms with Crippen molar-refractivity contribution in [2.45, 2.75) is 26.7 Å². The van der Waals surface area contributed by atoms with Crippen molar-refractivity contribution in [1.82, 2.24) is 0 Å². The molecule has 0 aliphatic heterocycles. The SMILES string of the molecule is CCCC(=O)c1ccc(C(=O)OCC)s1. The summed E-state index contributed by atoms with van der Waals surface area (Å²) < 4.78 is 4.84. The van der Waals surface area contributed by atoms with Crippen molar-refractivity contribution >= 4 is 23.1 Å². The summed E-state index contributed by atoms with van der Waals surface area (Å²) in [6, 6.07) is 3.33. The molecule has 4 heteroatoms. The molecule has 3 nitrogen and oxygen atoms in total. The molecule has 1 aromatic rings. The van der Waals surface area contributed by atoms with E-state index < -0.39 is 0 Å². The monoisotopic (exact) mass is 226 g/mol. The van der Waals surface area contributed by atoms with Gasteiger partial charge in [-0.25, -0.2) is 4.79 Å². The van der Waals surface area contributed by atoms with Gasteiger partial charge in [0.1, 0.15) is 4.88 Å². The van der Waals surface area contributed by atoms with Crippen molar-refractivity contribution in [3.63, 3.8) is 0 Å². The van der Waals surface area contributed by atoms with E-state index in [4.69, 9.17) is 4.74 Å². The number of hydrogen-bond donors (Lipinski definition) is 0. The quantitative estimate of drug-likeness (QED) is 0.572. The van der Waals surface area contributed by atoms with Crippen molar-refractivity contribution in [1.29, 1.82) is 0 Å². The van der Waals surface area contributed by atoms with E-state index in [0.717, 1.165) is 6.42 Å². The lowest BCUT2D eigenvalue weighted by atomic mass is 10.2. The highest BCUT2D eigenvalue weighted by atomic mass is 32.1. The minimum Gasteiger partial charge on any atom is -0.462 e. The van der Waals surface area contributed by atoms with Crippen LogP contribution in [0.5, 0.6) is 0 Å². The Kier molecular flexibility index (Phi) is 4.49. The average Bonchev–Trinajstić information content (AvgIpc) is 2.67. The molecule has 0 amide bonds. The van der Waals surface area contributed by atoms with E-state index in [-0.39, 0.29) is 11.8 Å². The van der Waals surface area contributed by atoms with Gasteiger partial charge in [0.2, 0.25) is 0 Å². The zero-order valence-electron chi connectivity index (χ0n) is 8.91. The molecule has 0 N–H and O–H groups in total. The number of thiophene rings is 1. The number of Topliss-reactive ketones (excluding diaryl/α,β-unsaturated/α-hetero) is 1. The number of rotatable bonds is 5. The number of ether oxygens (including phenoxy) is 1. The van der Waals surface area contributed by atoms with Gasteiger partial charge in [-0.3, -0.25) is 4.79 Å². The number of hydrogen-bond acceptors (Lipinski definition) is 4. The van der Waals surface area contributed by atoms with E-state index >= 15 is 0 Å². The van der Waals surface area contributed by atoms with Gasteiger partial charge in [-0.1, -0.05) is 6.92 Å². The molecule has 0 aromatic carbocycles. The molecule has 1 heterocycles. The van der Waals surface area contributed by atoms with Gasteiger partial charge < -0.3 is 4.74 Å². The summed E-state index contributed by atoms with van der Waals surface area (Å²) in [7, 11) is 0. The molecule has 0 spiro atoms. The first-order chi connectivity index (χ1) is 7.19. The van der Waals surface area contributed by atoms with Crippen LogP contribution < -0.4 is 0 Å². The van der Waals surface area contributed by atoms with Gasteiger partial charge in [-0.05, 0) is 25.5 Å². The molecule has 0 aliphatic carbocycles. The molecule has 0 atom stereocenters. The predicted molar refractivity (Wildman–Crippen MR) is 59.5 cm³/mol. The van der Waals surface area contributed by atoms with Crippen molar-refractivity contribution in [2.75, 3.05) is 6.61 Å². The molecule has 0 fully saturated rings. The van der Waals surface area contributed by atoms with Crippen LogP contribution in [-0.2, 0) is 4.74 Å². The fraction of sp³-hybridized carbons (Fsp3) is 0.455.